The first-order valence-electron chi connectivity index (χ1n) is 6.60. The molecule has 0 unspecified atom stereocenters. The highest BCUT2D eigenvalue weighted by molar-refractivity contribution is 7.89. The van der Waals surface area contributed by atoms with Crippen LogP contribution in [0, 0.1) is 0 Å². The molecule has 2 heterocycles. The van der Waals surface area contributed by atoms with Gasteiger partial charge in [0, 0.05) is 18.3 Å². The highest BCUT2D eigenvalue weighted by Gasteiger charge is 2.44. The van der Waals surface area contributed by atoms with E-state index in [0.717, 1.165) is 12.3 Å². The zero-order valence-corrected chi connectivity index (χ0v) is 12.5. The van der Waals surface area contributed by atoms with Gasteiger partial charge in [-0.05, 0) is 11.6 Å². The molecule has 1 aliphatic heterocycles. The molecule has 0 aliphatic carbocycles. The quantitative estimate of drug-likeness (QED) is 0.893. The Hall–Kier alpha value is -2.26. The average molecular weight is 342 g/mol. The summed E-state index contributed by atoms with van der Waals surface area (Å²) < 4.78 is 54.1. The number of alkyl halides is 2. The van der Waals surface area contributed by atoms with E-state index in [0.29, 0.717) is 4.31 Å². The van der Waals surface area contributed by atoms with E-state index in [1.807, 2.05) is 0 Å². The topological polar surface area (TPSA) is 90.5 Å². The van der Waals surface area contributed by atoms with Gasteiger partial charge in [0.25, 0.3) is 5.92 Å². The number of halogens is 2. The van der Waals surface area contributed by atoms with Gasteiger partial charge < -0.3 is 10.1 Å². The first kappa shape index (κ1) is 15.6. The normalized spacial score (nSPS) is 17.7. The van der Waals surface area contributed by atoms with E-state index >= 15 is 0 Å². The van der Waals surface area contributed by atoms with Crippen LogP contribution in [0.3, 0.4) is 0 Å². The van der Waals surface area contributed by atoms with E-state index in [1.165, 1.54) is 18.2 Å². The Morgan fingerprint density at radius 3 is 2.65 bits per heavy atom. The van der Waals surface area contributed by atoms with E-state index in [-0.39, 0.29) is 28.3 Å². The van der Waals surface area contributed by atoms with E-state index in [1.54, 1.807) is 6.07 Å². The molecular formula is C14H12F2N2O4S. The van der Waals surface area contributed by atoms with E-state index < -0.39 is 28.5 Å². The van der Waals surface area contributed by atoms with Gasteiger partial charge in [-0.1, -0.05) is 24.3 Å². The molecule has 23 heavy (non-hydrogen) atoms. The van der Waals surface area contributed by atoms with Gasteiger partial charge in [0.05, 0.1) is 6.54 Å². The third-order valence-corrected chi connectivity index (χ3v) is 5.43. The van der Waals surface area contributed by atoms with Gasteiger partial charge >= 0.3 is 5.97 Å². The number of aromatic carboxylic acids is 1. The van der Waals surface area contributed by atoms with Crippen LogP contribution >= 0.6 is 0 Å². The van der Waals surface area contributed by atoms with Crippen molar-refractivity contribution in [3.63, 3.8) is 0 Å². The minimum atomic E-state index is -4.23. The summed E-state index contributed by atoms with van der Waals surface area (Å²) in [5, 5.41) is 8.83. The fourth-order valence-electron chi connectivity index (χ4n) is 2.53. The Morgan fingerprint density at radius 1 is 1.30 bits per heavy atom. The van der Waals surface area contributed by atoms with Crippen LogP contribution in [0.1, 0.15) is 21.6 Å². The van der Waals surface area contributed by atoms with Crippen molar-refractivity contribution in [3.8, 4) is 0 Å². The molecule has 2 aromatic rings. The van der Waals surface area contributed by atoms with Crippen molar-refractivity contribution < 1.29 is 27.1 Å². The van der Waals surface area contributed by atoms with Crippen molar-refractivity contribution in [3.05, 3.63) is 53.3 Å². The van der Waals surface area contributed by atoms with Gasteiger partial charge in [-0.15, -0.1) is 0 Å². The first-order valence-corrected chi connectivity index (χ1v) is 8.04. The Balaban J connectivity index is 2.00. The number of sulfonamides is 1. The standard InChI is InChI=1S/C14H12F2N2O4S/c15-14(16)8-18(7-9-3-1-2-4-11(9)14)23(21,22)10-5-12(13(19)20)17-6-10/h1-6,17H,7-8H2,(H,19,20). The summed E-state index contributed by atoms with van der Waals surface area (Å²) in [6.07, 6.45) is 0.984. The van der Waals surface area contributed by atoms with E-state index in [9.17, 15) is 22.0 Å². The molecule has 0 amide bonds. The number of fused-ring (bicyclic) bond motifs is 1. The number of benzene rings is 1. The molecule has 3 rings (SSSR count). The number of carboxylic acids is 1. The lowest BCUT2D eigenvalue weighted by Crippen LogP contribution is -2.43. The van der Waals surface area contributed by atoms with Gasteiger partial charge in [-0.2, -0.15) is 13.1 Å². The molecule has 1 aromatic carbocycles. The maximum atomic E-state index is 14.2. The van der Waals surface area contributed by atoms with Crippen LogP contribution < -0.4 is 0 Å². The Kier molecular flexibility index (Phi) is 3.49. The largest absolute Gasteiger partial charge is 0.477 e. The summed E-state index contributed by atoms with van der Waals surface area (Å²) in [5.74, 6) is -4.64. The van der Waals surface area contributed by atoms with Crippen LogP contribution in [-0.2, 0) is 22.5 Å². The van der Waals surface area contributed by atoms with Crippen LogP contribution in [0.2, 0.25) is 0 Å². The van der Waals surface area contributed by atoms with Crippen molar-refractivity contribution in [1.82, 2.24) is 9.29 Å². The van der Waals surface area contributed by atoms with Crippen molar-refractivity contribution in [1.29, 1.82) is 0 Å². The smallest absolute Gasteiger partial charge is 0.352 e. The molecule has 0 bridgehead atoms. The fourth-order valence-corrected chi connectivity index (χ4v) is 3.95. The summed E-state index contributed by atoms with van der Waals surface area (Å²) in [6, 6.07) is 6.67. The lowest BCUT2D eigenvalue weighted by Gasteiger charge is -2.33. The number of aromatic amines is 1. The van der Waals surface area contributed by atoms with Crippen molar-refractivity contribution >= 4 is 16.0 Å². The number of nitrogens with one attached hydrogen (secondary N) is 1. The fraction of sp³-hybridized carbons (Fsp3) is 0.214. The van der Waals surface area contributed by atoms with Gasteiger partial charge in [-0.3, -0.25) is 0 Å². The maximum Gasteiger partial charge on any atom is 0.352 e. The SMILES string of the molecule is O=C(O)c1cc(S(=O)(=O)N2Cc3ccccc3C(F)(F)C2)c[nH]1. The maximum absolute atomic E-state index is 14.2. The Bertz CT molecular complexity index is 876. The van der Waals surface area contributed by atoms with E-state index in [2.05, 4.69) is 4.98 Å². The molecule has 0 saturated carbocycles. The number of carboxylic acid groups (broad SMARTS) is 1. The molecule has 1 aromatic heterocycles. The molecule has 6 nitrogen and oxygen atoms in total. The van der Waals surface area contributed by atoms with Crippen LogP contribution in [0.5, 0.6) is 0 Å². The van der Waals surface area contributed by atoms with Gasteiger partial charge in [0.1, 0.15) is 10.6 Å². The highest BCUT2D eigenvalue weighted by atomic mass is 32.2. The molecule has 0 saturated heterocycles. The monoisotopic (exact) mass is 342 g/mol. The van der Waals surface area contributed by atoms with Crippen molar-refractivity contribution in [2.24, 2.45) is 0 Å². The lowest BCUT2D eigenvalue weighted by atomic mass is 9.98. The zero-order chi connectivity index (χ0) is 16.8. The second-order valence-electron chi connectivity index (χ2n) is 5.19. The van der Waals surface area contributed by atoms with Crippen molar-refractivity contribution in [2.75, 3.05) is 6.54 Å². The minimum absolute atomic E-state index is 0.188. The van der Waals surface area contributed by atoms with Gasteiger partial charge in [0.2, 0.25) is 10.0 Å². The molecule has 0 fully saturated rings. The predicted molar refractivity (Wildman–Crippen MR) is 75.7 cm³/mol. The summed E-state index contributed by atoms with van der Waals surface area (Å²) >= 11 is 0. The first-order chi connectivity index (χ1) is 10.7. The average Bonchev–Trinajstić information content (AvgIpc) is 2.97. The van der Waals surface area contributed by atoms with Crippen LogP contribution in [0.4, 0.5) is 8.78 Å². The molecule has 0 atom stereocenters. The minimum Gasteiger partial charge on any atom is -0.477 e. The third kappa shape index (κ3) is 2.62. The lowest BCUT2D eigenvalue weighted by molar-refractivity contribution is -0.0320. The molecule has 1 aliphatic rings. The second-order valence-corrected chi connectivity index (χ2v) is 7.13. The van der Waals surface area contributed by atoms with Crippen LogP contribution in [0.15, 0.2) is 41.4 Å². The van der Waals surface area contributed by atoms with Crippen LogP contribution in [-0.4, -0.2) is 35.3 Å². The molecule has 2 N–H and O–H groups in total. The van der Waals surface area contributed by atoms with Gasteiger partial charge in [-0.25, -0.2) is 13.2 Å². The number of H-pyrrole nitrogens is 1. The molecule has 122 valence electrons. The number of hydrogen-bond donors (Lipinski definition) is 2. The highest BCUT2D eigenvalue weighted by Crippen LogP contribution is 2.38. The molecular weight excluding hydrogens is 330 g/mol. The van der Waals surface area contributed by atoms with Crippen LogP contribution in [0.25, 0.3) is 0 Å². The summed E-state index contributed by atoms with van der Waals surface area (Å²) in [7, 11) is -4.23. The molecule has 0 radical (unpaired) electrons. The third-order valence-electron chi connectivity index (χ3n) is 3.66. The number of hydrogen-bond acceptors (Lipinski definition) is 3. The summed E-state index contributed by atoms with van der Waals surface area (Å²) in [5.41, 5.74) is -0.291. The number of carbonyl (C=O) groups is 1. The summed E-state index contributed by atoms with van der Waals surface area (Å²) in [6.45, 7) is -1.18. The zero-order valence-electron chi connectivity index (χ0n) is 11.7. The van der Waals surface area contributed by atoms with Crippen molar-refractivity contribution in [2.45, 2.75) is 17.4 Å². The Labute approximate surface area is 130 Å². The molecule has 0 spiro atoms. The molecule has 9 heteroatoms. The predicted octanol–water partition coefficient (Wildman–Crippen LogP) is 2.01. The second kappa shape index (κ2) is 5.14. The summed E-state index contributed by atoms with van der Waals surface area (Å²) in [4.78, 5) is 12.8. The Morgan fingerprint density at radius 2 is 2.00 bits per heavy atom. The van der Waals surface area contributed by atoms with E-state index in [4.69, 9.17) is 5.11 Å². The number of rotatable bonds is 3. The van der Waals surface area contributed by atoms with Gasteiger partial charge in [0.15, 0.2) is 0 Å². The number of aromatic nitrogens is 1. The number of nitrogens with zero attached hydrogens (tertiary/aromatic N) is 1.